The topological polar surface area (TPSA) is 47.3 Å². The van der Waals surface area contributed by atoms with Crippen molar-refractivity contribution in [2.75, 3.05) is 12.4 Å². The first kappa shape index (κ1) is 12.4. The van der Waals surface area contributed by atoms with Crippen LogP contribution in [0.1, 0.15) is 0 Å². The van der Waals surface area contributed by atoms with E-state index in [1.807, 2.05) is 48.5 Å². The van der Waals surface area contributed by atoms with Crippen molar-refractivity contribution in [1.29, 1.82) is 0 Å². The molecule has 2 aromatic carbocycles. The van der Waals surface area contributed by atoms with Crippen LogP contribution >= 0.6 is 12.2 Å². The fraction of sp³-hybridized carbons (Fsp3) is 0.0714. The molecule has 0 saturated carbocycles. The van der Waals surface area contributed by atoms with E-state index in [2.05, 4.69) is 5.32 Å². The van der Waals surface area contributed by atoms with E-state index in [4.69, 9.17) is 22.7 Å². The summed E-state index contributed by atoms with van der Waals surface area (Å²) in [6, 6.07) is 15.8. The second-order valence-electron chi connectivity index (χ2n) is 3.80. The first-order valence-corrected chi connectivity index (χ1v) is 5.91. The largest absolute Gasteiger partial charge is 0.497 e. The molecule has 3 N–H and O–H groups in total. The molecule has 18 heavy (non-hydrogen) atoms. The van der Waals surface area contributed by atoms with Gasteiger partial charge in [-0.05, 0) is 47.6 Å². The van der Waals surface area contributed by atoms with Gasteiger partial charge in [0.2, 0.25) is 0 Å². The van der Waals surface area contributed by atoms with Crippen LogP contribution in [-0.2, 0) is 0 Å². The molecule has 0 fully saturated rings. The first-order chi connectivity index (χ1) is 8.69. The molecule has 0 aliphatic heterocycles. The number of anilines is 1. The van der Waals surface area contributed by atoms with Crippen LogP contribution in [0.25, 0.3) is 11.1 Å². The van der Waals surface area contributed by atoms with E-state index in [0.29, 0.717) is 0 Å². The average molecular weight is 258 g/mol. The van der Waals surface area contributed by atoms with Crippen LogP contribution in [0.5, 0.6) is 5.75 Å². The minimum Gasteiger partial charge on any atom is -0.497 e. The summed E-state index contributed by atoms with van der Waals surface area (Å²) in [4.78, 5) is 0. The summed E-state index contributed by atoms with van der Waals surface area (Å²) in [7, 11) is 1.66. The van der Waals surface area contributed by atoms with E-state index in [1.165, 1.54) is 0 Å². The summed E-state index contributed by atoms with van der Waals surface area (Å²) in [5.74, 6) is 0.834. The second-order valence-corrected chi connectivity index (χ2v) is 4.24. The molecule has 0 saturated heterocycles. The SMILES string of the molecule is COc1cccc(-c2cccc(NC(N)=S)c2)c1. The van der Waals surface area contributed by atoms with Crippen molar-refractivity contribution in [3.8, 4) is 16.9 Å². The number of hydrogen-bond donors (Lipinski definition) is 2. The third-order valence-electron chi connectivity index (χ3n) is 2.53. The van der Waals surface area contributed by atoms with Crippen molar-refractivity contribution >= 4 is 23.0 Å². The van der Waals surface area contributed by atoms with Crippen LogP contribution in [0.3, 0.4) is 0 Å². The van der Waals surface area contributed by atoms with Crippen molar-refractivity contribution in [1.82, 2.24) is 0 Å². The van der Waals surface area contributed by atoms with Crippen LogP contribution < -0.4 is 15.8 Å². The highest BCUT2D eigenvalue weighted by Crippen LogP contribution is 2.25. The highest BCUT2D eigenvalue weighted by molar-refractivity contribution is 7.80. The maximum Gasteiger partial charge on any atom is 0.168 e. The quantitative estimate of drug-likeness (QED) is 0.831. The Bertz CT molecular complexity index is 569. The van der Waals surface area contributed by atoms with Gasteiger partial charge in [0, 0.05) is 5.69 Å². The summed E-state index contributed by atoms with van der Waals surface area (Å²) in [6.07, 6.45) is 0. The molecule has 2 rings (SSSR count). The number of thiocarbonyl (C=S) groups is 1. The van der Waals surface area contributed by atoms with E-state index in [1.54, 1.807) is 7.11 Å². The molecule has 0 spiro atoms. The summed E-state index contributed by atoms with van der Waals surface area (Å²) in [6.45, 7) is 0. The summed E-state index contributed by atoms with van der Waals surface area (Å²) >= 11 is 4.82. The van der Waals surface area contributed by atoms with Gasteiger partial charge in [0.1, 0.15) is 5.75 Å². The lowest BCUT2D eigenvalue weighted by Gasteiger charge is -2.08. The van der Waals surface area contributed by atoms with Gasteiger partial charge in [0.05, 0.1) is 7.11 Å². The van der Waals surface area contributed by atoms with Gasteiger partial charge in [-0.25, -0.2) is 0 Å². The normalized spacial score (nSPS) is 9.83. The van der Waals surface area contributed by atoms with Gasteiger partial charge in [-0.2, -0.15) is 0 Å². The second kappa shape index (κ2) is 5.51. The smallest absolute Gasteiger partial charge is 0.168 e. The lowest BCUT2D eigenvalue weighted by atomic mass is 10.0. The Hall–Kier alpha value is -2.07. The molecule has 0 radical (unpaired) electrons. The van der Waals surface area contributed by atoms with Crippen molar-refractivity contribution in [3.05, 3.63) is 48.5 Å². The van der Waals surface area contributed by atoms with Gasteiger partial charge in [-0.15, -0.1) is 0 Å². The minimum atomic E-state index is 0.262. The van der Waals surface area contributed by atoms with Crippen LogP contribution in [0.4, 0.5) is 5.69 Å². The number of hydrogen-bond acceptors (Lipinski definition) is 2. The highest BCUT2D eigenvalue weighted by Gasteiger charge is 2.01. The molecule has 4 heteroatoms. The van der Waals surface area contributed by atoms with Crippen LogP contribution in [-0.4, -0.2) is 12.2 Å². The van der Waals surface area contributed by atoms with E-state index >= 15 is 0 Å². The highest BCUT2D eigenvalue weighted by atomic mass is 32.1. The van der Waals surface area contributed by atoms with Gasteiger partial charge in [-0.3, -0.25) is 0 Å². The molecule has 0 atom stereocenters. The van der Waals surface area contributed by atoms with Crippen LogP contribution in [0.15, 0.2) is 48.5 Å². The molecule has 0 aromatic heterocycles. The number of nitrogens with one attached hydrogen (secondary N) is 1. The Labute approximate surface area is 112 Å². The molecule has 92 valence electrons. The predicted octanol–water partition coefficient (Wildman–Crippen LogP) is 3.02. The number of nitrogens with two attached hydrogens (primary N) is 1. The van der Waals surface area contributed by atoms with E-state index in [0.717, 1.165) is 22.6 Å². The fourth-order valence-corrected chi connectivity index (χ4v) is 1.84. The molecule has 0 aliphatic rings. The molecule has 0 bridgehead atoms. The number of methoxy groups -OCH3 is 1. The summed E-state index contributed by atoms with van der Waals surface area (Å²) < 4.78 is 5.21. The van der Waals surface area contributed by atoms with Gasteiger partial charge < -0.3 is 15.8 Å². The van der Waals surface area contributed by atoms with E-state index < -0.39 is 0 Å². The third-order valence-corrected chi connectivity index (χ3v) is 2.64. The maximum absolute atomic E-state index is 5.46. The zero-order valence-corrected chi connectivity index (χ0v) is 10.8. The van der Waals surface area contributed by atoms with Crippen molar-refractivity contribution in [2.24, 2.45) is 5.73 Å². The molecule has 3 nitrogen and oxygen atoms in total. The molecule has 2 aromatic rings. The first-order valence-electron chi connectivity index (χ1n) is 5.50. The predicted molar refractivity (Wildman–Crippen MR) is 78.8 cm³/mol. The Morgan fingerprint density at radius 3 is 2.44 bits per heavy atom. The number of benzene rings is 2. The van der Waals surface area contributed by atoms with Crippen molar-refractivity contribution < 1.29 is 4.74 Å². The lowest BCUT2D eigenvalue weighted by Crippen LogP contribution is -2.18. The minimum absolute atomic E-state index is 0.262. The summed E-state index contributed by atoms with van der Waals surface area (Å²) in [5, 5.41) is 3.18. The average Bonchev–Trinajstić information content (AvgIpc) is 2.38. The van der Waals surface area contributed by atoms with Crippen LogP contribution in [0, 0.1) is 0 Å². The molecule has 0 heterocycles. The van der Waals surface area contributed by atoms with Gasteiger partial charge in [-0.1, -0.05) is 24.3 Å². The zero-order chi connectivity index (χ0) is 13.0. The Morgan fingerprint density at radius 2 is 1.78 bits per heavy atom. The summed E-state index contributed by atoms with van der Waals surface area (Å²) in [5.41, 5.74) is 8.50. The Morgan fingerprint density at radius 1 is 1.11 bits per heavy atom. The Kier molecular flexibility index (Phi) is 3.79. The monoisotopic (exact) mass is 258 g/mol. The standard InChI is InChI=1S/C14H14N2OS/c1-17-13-7-3-5-11(9-13)10-4-2-6-12(8-10)16-14(15)18/h2-9H,1H3,(H3,15,16,18). The van der Waals surface area contributed by atoms with Crippen molar-refractivity contribution in [2.45, 2.75) is 0 Å². The number of ether oxygens (including phenoxy) is 1. The van der Waals surface area contributed by atoms with Crippen LogP contribution in [0.2, 0.25) is 0 Å². The van der Waals surface area contributed by atoms with E-state index in [-0.39, 0.29) is 5.11 Å². The van der Waals surface area contributed by atoms with Crippen molar-refractivity contribution in [3.63, 3.8) is 0 Å². The number of rotatable bonds is 3. The molecule has 0 unspecified atom stereocenters. The van der Waals surface area contributed by atoms with Gasteiger partial charge >= 0.3 is 0 Å². The third kappa shape index (κ3) is 2.99. The van der Waals surface area contributed by atoms with E-state index in [9.17, 15) is 0 Å². The van der Waals surface area contributed by atoms with Gasteiger partial charge in [0.15, 0.2) is 5.11 Å². The zero-order valence-electron chi connectivity index (χ0n) is 10.0. The lowest BCUT2D eigenvalue weighted by molar-refractivity contribution is 0.415. The molecule has 0 amide bonds. The fourth-order valence-electron chi connectivity index (χ4n) is 1.72. The molecular formula is C14H14N2OS. The molecule has 0 aliphatic carbocycles. The van der Waals surface area contributed by atoms with Gasteiger partial charge in [0.25, 0.3) is 0 Å². The molecular weight excluding hydrogens is 244 g/mol. The Balaban J connectivity index is 2.34. The maximum atomic E-state index is 5.46.